The minimum atomic E-state index is 0.229. The number of hydrogen-bond donors (Lipinski definition) is 3. The fraction of sp³-hybridized carbons (Fsp3) is 0.444. The van der Waals surface area contributed by atoms with E-state index < -0.39 is 0 Å². The summed E-state index contributed by atoms with van der Waals surface area (Å²) < 4.78 is 0. The Morgan fingerprint density at radius 1 is 1.23 bits per heavy atom. The van der Waals surface area contributed by atoms with Crippen LogP contribution in [0, 0.1) is 12.3 Å². The summed E-state index contributed by atoms with van der Waals surface area (Å²) in [6.07, 6.45) is 5.70. The summed E-state index contributed by atoms with van der Waals surface area (Å²) in [5.41, 5.74) is 16.1. The number of H-pyrrole nitrogens is 1. The van der Waals surface area contributed by atoms with E-state index >= 15 is 0 Å². The molecule has 1 saturated heterocycles. The van der Waals surface area contributed by atoms with Gasteiger partial charge in [-0.15, -0.1) is 0 Å². The third-order valence-corrected chi connectivity index (χ3v) is 5.43. The van der Waals surface area contributed by atoms with Crippen LogP contribution in [-0.2, 0) is 0 Å². The Morgan fingerprint density at radius 3 is 2.73 bits per heavy atom. The molecule has 0 saturated carbocycles. The van der Waals surface area contributed by atoms with Crippen LogP contribution in [0.5, 0.6) is 0 Å². The van der Waals surface area contributed by atoms with Crippen molar-refractivity contribution in [2.24, 2.45) is 11.1 Å². The summed E-state index contributed by atoms with van der Waals surface area (Å²) in [7, 11) is 0. The normalized spacial score (nSPS) is 17.0. The van der Waals surface area contributed by atoms with E-state index in [4.69, 9.17) is 16.5 Å². The standard InChI is InChI=1S/C18H24N8/c1-11-8-21-13(20)7-12(11)15-16-17(25-24-15)23-14(9-22-16)26-5-3-18(2,10-19)4-6-26/h7-9H,3-6,10,19H2,1-2H3,(H2,20,21)(H,23,24,25). The van der Waals surface area contributed by atoms with Gasteiger partial charge in [0.25, 0.3) is 0 Å². The Kier molecular flexibility index (Phi) is 3.99. The summed E-state index contributed by atoms with van der Waals surface area (Å²) in [5, 5.41) is 7.42. The number of anilines is 2. The van der Waals surface area contributed by atoms with Crippen LogP contribution >= 0.6 is 0 Å². The number of nitrogen functional groups attached to an aromatic ring is 1. The van der Waals surface area contributed by atoms with Gasteiger partial charge in [0.2, 0.25) is 5.65 Å². The zero-order chi connectivity index (χ0) is 18.3. The number of fused-ring (bicyclic) bond motifs is 1. The average Bonchev–Trinajstić information content (AvgIpc) is 3.07. The van der Waals surface area contributed by atoms with Gasteiger partial charge in [-0.05, 0) is 43.4 Å². The van der Waals surface area contributed by atoms with Crippen molar-refractivity contribution >= 4 is 22.8 Å². The van der Waals surface area contributed by atoms with E-state index in [1.807, 2.05) is 19.2 Å². The molecule has 1 fully saturated rings. The minimum Gasteiger partial charge on any atom is -0.384 e. The summed E-state index contributed by atoms with van der Waals surface area (Å²) >= 11 is 0. The van der Waals surface area contributed by atoms with Crippen molar-refractivity contribution in [2.45, 2.75) is 26.7 Å². The third-order valence-electron chi connectivity index (χ3n) is 5.43. The van der Waals surface area contributed by atoms with Crippen LogP contribution in [0.15, 0.2) is 18.5 Å². The molecule has 4 rings (SSSR count). The monoisotopic (exact) mass is 352 g/mol. The summed E-state index contributed by atoms with van der Waals surface area (Å²) in [4.78, 5) is 15.7. The zero-order valence-electron chi connectivity index (χ0n) is 15.2. The Balaban J connectivity index is 1.65. The first-order valence-corrected chi connectivity index (χ1v) is 8.88. The van der Waals surface area contributed by atoms with Crippen molar-refractivity contribution in [1.29, 1.82) is 0 Å². The average molecular weight is 352 g/mol. The van der Waals surface area contributed by atoms with Gasteiger partial charge in [-0.2, -0.15) is 5.10 Å². The number of nitrogens with one attached hydrogen (secondary N) is 1. The van der Waals surface area contributed by atoms with E-state index in [0.29, 0.717) is 11.5 Å². The number of nitrogens with two attached hydrogens (primary N) is 2. The molecule has 0 aromatic carbocycles. The van der Waals surface area contributed by atoms with Gasteiger partial charge in [0.1, 0.15) is 17.2 Å². The van der Waals surface area contributed by atoms with Crippen molar-refractivity contribution in [3.63, 3.8) is 0 Å². The van der Waals surface area contributed by atoms with Gasteiger partial charge in [-0.25, -0.2) is 15.0 Å². The molecule has 0 amide bonds. The van der Waals surface area contributed by atoms with Crippen molar-refractivity contribution in [2.75, 3.05) is 30.3 Å². The Labute approximate surface area is 152 Å². The van der Waals surface area contributed by atoms with Crippen LogP contribution in [-0.4, -0.2) is 44.8 Å². The van der Waals surface area contributed by atoms with Gasteiger partial charge in [0.05, 0.1) is 11.9 Å². The van der Waals surface area contributed by atoms with Crippen LogP contribution in [0.1, 0.15) is 25.3 Å². The van der Waals surface area contributed by atoms with Gasteiger partial charge >= 0.3 is 0 Å². The van der Waals surface area contributed by atoms with E-state index in [1.54, 1.807) is 6.20 Å². The maximum atomic E-state index is 5.90. The van der Waals surface area contributed by atoms with Crippen LogP contribution in [0.4, 0.5) is 11.6 Å². The fourth-order valence-corrected chi connectivity index (χ4v) is 3.42. The van der Waals surface area contributed by atoms with Crippen LogP contribution in [0.3, 0.4) is 0 Å². The molecule has 136 valence electrons. The number of hydrogen-bond acceptors (Lipinski definition) is 7. The molecule has 1 aliphatic heterocycles. The summed E-state index contributed by atoms with van der Waals surface area (Å²) in [6, 6.07) is 1.83. The molecule has 0 aliphatic carbocycles. The molecule has 3 aromatic heterocycles. The lowest BCUT2D eigenvalue weighted by Gasteiger charge is -2.39. The molecule has 0 radical (unpaired) electrons. The molecule has 0 unspecified atom stereocenters. The summed E-state index contributed by atoms with van der Waals surface area (Å²) in [5.74, 6) is 1.33. The molecule has 1 aliphatic rings. The quantitative estimate of drug-likeness (QED) is 0.657. The topological polar surface area (TPSA) is 123 Å². The highest BCUT2D eigenvalue weighted by Crippen LogP contribution is 2.32. The molecule has 26 heavy (non-hydrogen) atoms. The van der Waals surface area contributed by atoms with E-state index in [9.17, 15) is 0 Å². The predicted octanol–water partition coefficient (Wildman–Crippen LogP) is 1.87. The molecule has 8 nitrogen and oxygen atoms in total. The minimum absolute atomic E-state index is 0.229. The Bertz CT molecular complexity index is 940. The fourth-order valence-electron chi connectivity index (χ4n) is 3.42. The number of aromatic amines is 1. The Hall–Kier alpha value is -2.74. The lowest BCUT2D eigenvalue weighted by molar-refractivity contribution is 0.258. The van der Waals surface area contributed by atoms with Gasteiger partial charge in [0.15, 0.2) is 0 Å². The largest absolute Gasteiger partial charge is 0.384 e. The van der Waals surface area contributed by atoms with Crippen LogP contribution in [0.25, 0.3) is 22.4 Å². The lowest BCUT2D eigenvalue weighted by atomic mass is 9.80. The zero-order valence-corrected chi connectivity index (χ0v) is 15.2. The highest BCUT2D eigenvalue weighted by Gasteiger charge is 2.29. The van der Waals surface area contributed by atoms with E-state index in [-0.39, 0.29) is 5.41 Å². The van der Waals surface area contributed by atoms with Gasteiger partial charge < -0.3 is 16.4 Å². The number of rotatable bonds is 3. The van der Waals surface area contributed by atoms with Crippen molar-refractivity contribution in [3.8, 4) is 11.3 Å². The van der Waals surface area contributed by atoms with Crippen LogP contribution < -0.4 is 16.4 Å². The van der Waals surface area contributed by atoms with E-state index in [1.165, 1.54) is 0 Å². The molecule has 4 heterocycles. The number of nitrogens with zero attached hydrogens (tertiary/aromatic N) is 5. The summed E-state index contributed by atoms with van der Waals surface area (Å²) in [6.45, 7) is 6.83. The van der Waals surface area contributed by atoms with E-state index in [2.05, 4.69) is 32.0 Å². The predicted molar refractivity (Wildman–Crippen MR) is 103 cm³/mol. The first-order chi connectivity index (χ1) is 12.5. The maximum absolute atomic E-state index is 5.90. The first-order valence-electron chi connectivity index (χ1n) is 8.88. The molecule has 0 bridgehead atoms. The van der Waals surface area contributed by atoms with Crippen molar-refractivity contribution in [3.05, 3.63) is 24.0 Å². The molecule has 0 atom stereocenters. The smallest absolute Gasteiger partial charge is 0.202 e. The second kappa shape index (κ2) is 6.21. The molecule has 3 aromatic rings. The van der Waals surface area contributed by atoms with Gasteiger partial charge in [-0.3, -0.25) is 5.10 Å². The molecule has 5 N–H and O–H groups in total. The van der Waals surface area contributed by atoms with Gasteiger partial charge in [0, 0.05) is 24.8 Å². The second-order valence-electron chi connectivity index (χ2n) is 7.42. The SMILES string of the molecule is Cc1cnc(N)cc1-c1[nH]nc2nc(N3CCC(C)(CN)CC3)cnc12. The van der Waals surface area contributed by atoms with Crippen molar-refractivity contribution < 1.29 is 0 Å². The molecule has 8 heteroatoms. The number of aromatic nitrogens is 5. The number of aryl methyl sites for hydroxylation is 1. The Morgan fingerprint density at radius 2 is 2.00 bits per heavy atom. The molecular weight excluding hydrogens is 328 g/mol. The van der Waals surface area contributed by atoms with Crippen molar-refractivity contribution in [1.82, 2.24) is 25.1 Å². The third kappa shape index (κ3) is 2.86. The molecular formula is C18H24N8. The second-order valence-corrected chi connectivity index (χ2v) is 7.42. The number of piperidine rings is 1. The van der Waals surface area contributed by atoms with E-state index in [0.717, 1.165) is 60.6 Å². The van der Waals surface area contributed by atoms with Gasteiger partial charge in [-0.1, -0.05) is 6.92 Å². The lowest BCUT2D eigenvalue weighted by Crippen LogP contribution is -2.42. The highest BCUT2D eigenvalue weighted by atomic mass is 15.2. The highest BCUT2D eigenvalue weighted by molar-refractivity contribution is 5.89. The maximum Gasteiger partial charge on any atom is 0.202 e. The first kappa shape index (κ1) is 16.7. The number of pyridine rings is 1. The molecule has 0 spiro atoms. The van der Waals surface area contributed by atoms with Crippen LogP contribution in [0.2, 0.25) is 0 Å².